The molecule has 0 radical (unpaired) electrons. The Morgan fingerprint density at radius 2 is 1.58 bits per heavy atom. The molecule has 1 aliphatic rings. The Bertz CT molecular complexity index is 1400. The number of rotatable bonds is 5. The number of carbonyl (C=O) groups is 2. The summed E-state index contributed by atoms with van der Waals surface area (Å²) < 4.78 is 22.5. The topological polar surface area (TPSA) is 96.9 Å². The summed E-state index contributed by atoms with van der Waals surface area (Å²) in [5, 5.41) is 6.22. The minimum Gasteiger partial charge on any atom is -0.444 e. The molecule has 7 nitrogen and oxygen atoms in total. The van der Waals surface area contributed by atoms with Crippen LogP contribution in [0.1, 0.15) is 37.6 Å². The van der Waals surface area contributed by atoms with Crippen LogP contribution < -0.4 is 10.6 Å². The van der Waals surface area contributed by atoms with E-state index in [1.165, 1.54) is 0 Å². The van der Waals surface area contributed by atoms with E-state index in [-0.39, 0.29) is 5.91 Å². The number of hydrogen-bond acceptors (Lipinski definition) is 5. The number of halogens is 1. The maximum absolute atomic E-state index is 13.1. The number of hydrogen-bond donors (Lipinski definition) is 2. The first-order chi connectivity index (χ1) is 17.0. The molecule has 1 unspecified atom stereocenters. The number of amides is 2. The number of anilines is 2. The van der Waals surface area contributed by atoms with Crippen LogP contribution >= 0.6 is 11.6 Å². The maximum Gasteiger partial charge on any atom is 0.412 e. The SMILES string of the molecule is CC(C)(C)OC(=O)Nc1ccc(-c2ccc(Cl)cc2)cc1NC(=O)c1ccc(S2(=O)=NCCC2)cc1. The smallest absolute Gasteiger partial charge is 0.412 e. The standard InChI is InChI=1S/C27H28ClN3O4S/c1-27(2,3)35-26(33)31-23-14-9-20(18-5-10-21(28)11-6-18)17-24(23)30-25(32)19-7-12-22(13-8-19)36(34)16-4-15-29-36/h5-14,17H,4,15-16H2,1-3H3,(H,30,32)(H,31,33). The van der Waals surface area contributed by atoms with Gasteiger partial charge in [0.1, 0.15) is 5.60 Å². The van der Waals surface area contributed by atoms with Crippen LogP contribution in [0, 0.1) is 0 Å². The van der Waals surface area contributed by atoms with Gasteiger partial charge < -0.3 is 10.1 Å². The zero-order chi connectivity index (χ0) is 25.9. The van der Waals surface area contributed by atoms with Crippen molar-refractivity contribution in [2.75, 3.05) is 22.9 Å². The first kappa shape index (κ1) is 25.7. The third-order valence-corrected chi connectivity index (χ3v) is 8.15. The predicted molar refractivity (Wildman–Crippen MR) is 144 cm³/mol. The Morgan fingerprint density at radius 1 is 0.917 bits per heavy atom. The molecule has 0 saturated heterocycles. The second kappa shape index (κ2) is 10.3. The monoisotopic (exact) mass is 525 g/mol. The Hall–Kier alpha value is -3.36. The molecule has 3 aromatic rings. The van der Waals surface area contributed by atoms with Crippen LogP contribution in [0.2, 0.25) is 5.02 Å². The van der Waals surface area contributed by atoms with Crippen molar-refractivity contribution in [1.29, 1.82) is 0 Å². The van der Waals surface area contributed by atoms with Crippen LogP contribution in [-0.2, 0) is 14.5 Å². The molecule has 36 heavy (non-hydrogen) atoms. The van der Waals surface area contributed by atoms with Gasteiger partial charge in [-0.1, -0.05) is 29.8 Å². The minimum atomic E-state index is -2.39. The molecule has 2 amide bonds. The molecule has 0 fully saturated rings. The summed E-state index contributed by atoms with van der Waals surface area (Å²) in [6.07, 6.45) is 0.170. The van der Waals surface area contributed by atoms with E-state index in [1.807, 2.05) is 18.2 Å². The van der Waals surface area contributed by atoms with Crippen molar-refractivity contribution < 1.29 is 18.5 Å². The molecule has 0 bridgehead atoms. The summed E-state index contributed by atoms with van der Waals surface area (Å²) in [5.74, 6) is 0.163. The molecule has 4 rings (SSSR count). The summed E-state index contributed by atoms with van der Waals surface area (Å²) in [6.45, 7) is 5.91. The molecule has 188 valence electrons. The van der Waals surface area contributed by atoms with Gasteiger partial charge in [0, 0.05) is 27.8 Å². The highest BCUT2D eigenvalue weighted by molar-refractivity contribution is 7.93. The predicted octanol–water partition coefficient (Wildman–Crippen LogP) is 6.84. The van der Waals surface area contributed by atoms with E-state index in [0.717, 1.165) is 17.5 Å². The molecule has 1 atom stereocenters. The molecule has 1 heterocycles. The van der Waals surface area contributed by atoms with Gasteiger partial charge in [0.05, 0.1) is 21.1 Å². The van der Waals surface area contributed by atoms with Crippen molar-refractivity contribution in [1.82, 2.24) is 0 Å². The lowest BCUT2D eigenvalue weighted by Crippen LogP contribution is -2.27. The number of ether oxygens (including phenoxy) is 1. The molecule has 0 aliphatic carbocycles. The Labute approximate surface area is 216 Å². The zero-order valence-electron chi connectivity index (χ0n) is 20.3. The van der Waals surface area contributed by atoms with Gasteiger partial charge in [-0.3, -0.25) is 10.1 Å². The summed E-state index contributed by atoms with van der Waals surface area (Å²) in [5.41, 5.74) is 2.22. The van der Waals surface area contributed by atoms with Gasteiger partial charge in [0.2, 0.25) is 0 Å². The normalized spacial score (nSPS) is 17.2. The summed E-state index contributed by atoms with van der Waals surface area (Å²) in [6, 6.07) is 19.3. The number of benzene rings is 3. The van der Waals surface area contributed by atoms with E-state index in [4.69, 9.17) is 16.3 Å². The molecular formula is C27H28ClN3O4S. The highest BCUT2D eigenvalue weighted by Crippen LogP contribution is 2.31. The third kappa shape index (κ3) is 6.25. The lowest BCUT2D eigenvalue weighted by molar-refractivity contribution is 0.0635. The average molecular weight is 526 g/mol. The lowest BCUT2D eigenvalue weighted by Gasteiger charge is -2.21. The quantitative estimate of drug-likeness (QED) is 0.381. The van der Waals surface area contributed by atoms with Crippen LogP contribution in [0.3, 0.4) is 0 Å². The van der Waals surface area contributed by atoms with E-state index in [1.54, 1.807) is 69.3 Å². The van der Waals surface area contributed by atoms with Crippen LogP contribution in [0.15, 0.2) is 76.0 Å². The largest absolute Gasteiger partial charge is 0.444 e. The molecule has 3 aromatic carbocycles. The fourth-order valence-electron chi connectivity index (χ4n) is 3.73. The fourth-order valence-corrected chi connectivity index (χ4v) is 5.88. The first-order valence-corrected chi connectivity index (χ1v) is 13.6. The summed E-state index contributed by atoms with van der Waals surface area (Å²) in [7, 11) is -2.39. The van der Waals surface area contributed by atoms with Crippen molar-refractivity contribution in [2.24, 2.45) is 4.36 Å². The van der Waals surface area contributed by atoms with Gasteiger partial charge in [-0.15, -0.1) is 0 Å². The Morgan fingerprint density at radius 3 is 2.19 bits per heavy atom. The van der Waals surface area contributed by atoms with Crippen molar-refractivity contribution >= 4 is 44.7 Å². The van der Waals surface area contributed by atoms with Gasteiger partial charge in [0.25, 0.3) is 5.91 Å². The summed E-state index contributed by atoms with van der Waals surface area (Å²) >= 11 is 6.02. The number of carbonyl (C=O) groups excluding carboxylic acids is 2. The first-order valence-electron chi connectivity index (χ1n) is 11.5. The highest BCUT2D eigenvalue weighted by Gasteiger charge is 2.20. The van der Waals surface area contributed by atoms with E-state index >= 15 is 0 Å². The third-order valence-electron chi connectivity index (χ3n) is 5.44. The molecule has 0 spiro atoms. The second-order valence-corrected chi connectivity index (χ2v) is 12.3. The Balaban J connectivity index is 1.62. The summed E-state index contributed by atoms with van der Waals surface area (Å²) in [4.78, 5) is 26.2. The average Bonchev–Trinajstić information content (AvgIpc) is 3.27. The second-order valence-electron chi connectivity index (χ2n) is 9.42. The maximum atomic E-state index is 13.1. The van der Waals surface area contributed by atoms with E-state index in [2.05, 4.69) is 15.0 Å². The van der Waals surface area contributed by atoms with Crippen molar-refractivity contribution in [3.63, 3.8) is 0 Å². The highest BCUT2D eigenvalue weighted by atomic mass is 35.5. The van der Waals surface area contributed by atoms with Gasteiger partial charge in [0.15, 0.2) is 0 Å². The van der Waals surface area contributed by atoms with Gasteiger partial charge >= 0.3 is 6.09 Å². The molecular weight excluding hydrogens is 498 g/mol. The van der Waals surface area contributed by atoms with Gasteiger partial charge in [-0.05, 0) is 86.8 Å². The lowest BCUT2D eigenvalue weighted by atomic mass is 10.0. The molecule has 9 heteroatoms. The molecule has 0 aromatic heterocycles. The van der Waals surface area contributed by atoms with Crippen molar-refractivity contribution in [3.05, 3.63) is 77.3 Å². The zero-order valence-corrected chi connectivity index (χ0v) is 21.9. The molecule has 2 N–H and O–H groups in total. The van der Waals surface area contributed by atoms with Gasteiger partial charge in [-0.25, -0.2) is 13.4 Å². The van der Waals surface area contributed by atoms with Crippen LogP contribution in [0.4, 0.5) is 16.2 Å². The van der Waals surface area contributed by atoms with Crippen LogP contribution in [0.25, 0.3) is 11.1 Å². The fraction of sp³-hybridized carbons (Fsp3) is 0.259. The van der Waals surface area contributed by atoms with Crippen molar-refractivity contribution in [2.45, 2.75) is 37.7 Å². The molecule has 0 saturated carbocycles. The Kier molecular flexibility index (Phi) is 7.38. The minimum absolute atomic E-state index is 0.375. The van der Waals surface area contributed by atoms with Gasteiger partial charge in [-0.2, -0.15) is 0 Å². The molecule has 1 aliphatic heterocycles. The van der Waals surface area contributed by atoms with Crippen LogP contribution in [-0.4, -0.2) is 34.1 Å². The van der Waals surface area contributed by atoms with E-state index < -0.39 is 21.4 Å². The van der Waals surface area contributed by atoms with Crippen molar-refractivity contribution in [3.8, 4) is 11.1 Å². The van der Waals surface area contributed by atoms with Crippen LogP contribution in [0.5, 0.6) is 0 Å². The number of nitrogens with zero attached hydrogens (tertiary/aromatic N) is 1. The van der Waals surface area contributed by atoms with E-state index in [9.17, 15) is 13.8 Å². The van der Waals surface area contributed by atoms with E-state index in [0.29, 0.717) is 39.2 Å². The number of nitrogens with one attached hydrogen (secondary N) is 2.